The molecule has 0 unspecified atom stereocenters. The Labute approximate surface area is 184 Å². The van der Waals surface area contributed by atoms with Gasteiger partial charge in [-0.2, -0.15) is 0 Å². The van der Waals surface area contributed by atoms with E-state index in [1.54, 1.807) is 0 Å². The predicted octanol–water partition coefficient (Wildman–Crippen LogP) is 2.27. The fraction of sp³-hybridized carbons (Fsp3) is 0.783. The van der Waals surface area contributed by atoms with Crippen molar-refractivity contribution in [3.8, 4) is 0 Å². The second kappa shape index (κ2) is 12.8. The molecule has 0 spiro atoms. The van der Waals surface area contributed by atoms with Crippen LogP contribution in [0.2, 0.25) is 0 Å². The van der Waals surface area contributed by atoms with Gasteiger partial charge in [-0.15, -0.1) is 0 Å². The molecule has 31 heavy (non-hydrogen) atoms. The van der Waals surface area contributed by atoms with Gasteiger partial charge in [-0.3, -0.25) is 4.98 Å². The average molecular weight is 438 g/mol. The normalized spacial score (nSPS) is 32.4. The molecule has 4 rings (SSSR count). The molecule has 2 bridgehead atoms. The SMILES string of the molecule is c1cc2nc(c1)COC[C@H]1OCCC[C@@H]1OCCOCCO[C@H]1CCCO[C@@H]1COC2. The van der Waals surface area contributed by atoms with Crippen LogP contribution in [0.25, 0.3) is 0 Å². The van der Waals surface area contributed by atoms with Gasteiger partial charge in [0.1, 0.15) is 12.2 Å². The van der Waals surface area contributed by atoms with E-state index in [9.17, 15) is 0 Å². The third kappa shape index (κ3) is 7.46. The lowest BCUT2D eigenvalue weighted by molar-refractivity contribution is -0.146. The highest BCUT2D eigenvalue weighted by Gasteiger charge is 2.28. The number of hydrogen-bond donors (Lipinski definition) is 0. The van der Waals surface area contributed by atoms with E-state index in [0.717, 1.165) is 50.3 Å². The van der Waals surface area contributed by atoms with Crippen LogP contribution < -0.4 is 0 Å². The Hall–Kier alpha value is -1.13. The third-order valence-corrected chi connectivity index (χ3v) is 5.81. The van der Waals surface area contributed by atoms with Crippen molar-refractivity contribution < 1.29 is 33.2 Å². The topological polar surface area (TPSA) is 77.5 Å². The summed E-state index contributed by atoms with van der Waals surface area (Å²) in [6, 6.07) is 5.93. The minimum atomic E-state index is -0.0579. The van der Waals surface area contributed by atoms with Crippen molar-refractivity contribution >= 4 is 0 Å². The Bertz CT molecular complexity index is 597. The maximum atomic E-state index is 6.03. The monoisotopic (exact) mass is 437 g/mol. The van der Waals surface area contributed by atoms with Gasteiger partial charge in [-0.1, -0.05) is 6.07 Å². The lowest BCUT2D eigenvalue weighted by atomic mass is 10.1. The second-order valence-corrected chi connectivity index (χ2v) is 8.18. The number of hydrogen-bond acceptors (Lipinski definition) is 8. The van der Waals surface area contributed by atoms with E-state index in [-0.39, 0.29) is 24.4 Å². The second-order valence-electron chi connectivity index (χ2n) is 8.18. The molecular weight excluding hydrogens is 402 g/mol. The van der Waals surface area contributed by atoms with Crippen LogP contribution in [-0.2, 0) is 46.4 Å². The molecule has 1 aromatic rings. The van der Waals surface area contributed by atoms with Gasteiger partial charge >= 0.3 is 0 Å². The zero-order valence-electron chi connectivity index (χ0n) is 18.2. The average Bonchev–Trinajstić information content (AvgIpc) is 2.80. The first-order chi connectivity index (χ1) is 15.4. The van der Waals surface area contributed by atoms with Gasteiger partial charge in [0.25, 0.3) is 0 Å². The highest BCUT2D eigenvalue weighted by molar-refractivity contribution is 5.10. The number of nitrogens with zero attached hydrogens (tertiary/aromatic N) is 1. The van der Waals surface area contributed by atoms with Crippen LogP contribution in [0.5, 0.6) is 0 Å². The molecular formula is C23H35NO7. The molecule has 0 amide bonds. The van der Waals surface area contributed by atoms with E-state index in [1.807, 2.05) is 18.2 Å². The standard InChI is InChI=1S/C23H35NO7/c1-4-18-14-26-16-22-20(6-2-8-28-22)30-12-10-25-11-13-31-21-7-3-9-29-23(21)17-27-15-19(5-1)24-18/h1,4-5,20-23H,2-3,6-17H2/t20-,21-,22+,23+/m0/s1. The highest BCUT2D eigenvalue weighted by atomic mass is 16.6. The van der Waals surface area contributed by atoms with Crippen molar-refractivity contribution in [2.24, 2.45) is 0 Å². The Morgan fingerprint density at radius 3 is 1.65 bits per heavy atom. The molecule has 8 nitrogen and oxygen atoms in total. The maximum absolute atomic E-state index is 6.03. The number of aromatic nitrogens is 1. The molecule has 0 aromatic carbocycles. The van der Waals surface area contributed by atoms with Crippen molar-refractivity contribution in [2.75, 3.05) is 52.9 Å². The first-order valence-corrected chi connectivity index (χ1v) is 11.5. The highest BCUT2D eigenvalue weighted by Crippen LogP contribution is 2.20. The van der Waals surface area contributed by atoms with Crippen LogP contribution in [0, 0.1) is 0 Å². The molecule has 3 aliphatic rings. The van der Waals surface area contributed by atoms with Crippen LogP contribution in [0.15, 0.2) is 18.2 Å². The van der Waals surface area contributed by atoms with Crippen LogP contribution in [0.4, 0.5) is 0 Å². The fourth-order valence-electron chi connectivity index (χ4n) is 4.19. The molecule has 0 N–H and O–H groups in total. The third-order valence-electron chi connectivity index (χ3n) is 5.81. The van der Waals surface area contributed by atoms with E-state index in [2.05, 4.69) is 4.98 Å². The van der Waals surface area contributed by atoms with Gasteiger partial charge in [0, 0.05) is 13.2 Å². The van der Waals surface area contributed by atoms with Crippen molar-refractivity contribution in [3.05, 3.63) is 29.6 Å². The number of ether oxygens (including phenoxy) is 7. The van der Waals surface area contributed by atoms with Gasteiger partial charge in [-0.25, -0.2) is 0 Å². The van der Waals surface area contributed by atoms with E-state index < -0.39 is 0 Å². The van der Waals surface area contributed by atoms with Gasteiger partial charge < -0.3 is 33.2 Å². The molecule has 2 fully saturated rings. The smallest absolute Gasteiger partial charge is 0.107 e. The van der Waals surface area contributed by atoms with Gasteiger partial charge in [0.2, 0.25) is 0 Å². The summed E-state index contributed by atoms with van der Waals surface area (Å²) in [6.07, 6.45) is 3.92. The first-order valence-electron chi connectivity index (χ1n) is 11.5. The summed E-state index contributed by atoms with van der Waals surface area (Å²) in [6.45, 7) is 5.50. The van der Waals surface area contributed by atoms with Gasteiger partial charge in [-0.05, 0) is 37.8 Å². The predicted molar refractivity (Wildman–Crippen MR) is 112 cm³/mol. The summed E-state index contributed by atoms with van der Waals surface area (Å²) in [5.74, 6) is 0. The quantitative estimate of drug-likeness (QED) is 0.612. The molecule has 0 aliphatic carbocycles. The molecule has 0 saturated carbocycles. The summed E-state index contributed by atoms with van der Waals surface area (Å²) in [5.41, 5.74) is 1.76. The minimum Gasteiger partial charge on any atom is -0.377 e. The van der Waals surface area contributed by atoms with E-state index in [0.29, 0.717) is 52.9 Å². The Morgan fingerprint density at radius 2 is 1.10 bits per heavy atom. The van der Waals surface area contributed by atoms with Gasteiger partial charge in [0.05, 0.1) is 76.5 Å². The summed E-state index contributed by atoms with van der Waals surface area (Å²) in [7, 11) is 0. The zero-order valence-corrected chi connectivity index (χ0v) is 18.2. The number of pyridine rings is 1. The summed E-state index contributed by atoms with van der Waals surface area (Å²) < 4.78 is 41.4. The van der Waals surface area contributed by atoms with E-state index in [1.165, 1.54) is 0 Å². The summed E-state index contributed by atoms with van der Waals surface area (Å²) in [4.78, 5) is 4.66. The Kier molecular flexibility index (Phi) is 9.51. The van der Waals surface area contributed by atoms with E-state index >= 15 is 0 Å². The molecule has 2 saturated heterocycles. The number of rotatable bonds is 0. The van der Waals surface area contributed by atoms with Crippen LogP contribution in [0.3, 0.4) is 0 Å². The van der Waals surface area contributed by atoms with Crippen molar-refractivity contribution in [1.29, 1.82) is 0 Å². The summed E-state index contributed by atoms with van der Waals surface area (Å²) >= 11 is 0. The Morgan fingerprint density at radius 1 is 0.581 bits per heavy atom. The van der Waals surface area contributed by atoms with Crippen molar-refractivity contribution in [1.82, 2.24) is 4.98 Å². The molecule has 0 radical (unpaired) electrons. The van der Waals surface area contributed by atoms with Crippen LogP contribution in [0.1, 0.15) is 37.1 Å². The lowest BCUT2D eigenvalue weighted by Crippen LogP contribution is -2.40. The maximum Gasteiger partial charge on any atom is 0.107 e. The molecule has 4 atom stereocenters. The van der Waals surface area contributed by atoms with Crippen LogP contribution >= 0.6 is 0 Å². The fourth-order valence-corrected chi connectivity index (χ4v) is 4.19. The molecule has 8 heteroatoms. The molecule has 1 aromatic heterocycles. The molecule has 174 valence electrons. The minimum absolute atomic E-state index is 0.0343. The lowest BCUT2D eigenvalue weighted by Gasteiger charge is -2.32. The largest absolute Gasteiger partial charge is 0.377 e. The molecule has 4 heterocycles. The van der Waals surface area contributed by atoms with Crippen molar-refractivity contribution in [3.63, 3.8) is 0 Å². The van der Waals surface area contributed by atoms with Crippen molar-refractivity contribution in [2.45, 2.75) is 63.3 Å². The summed E-state index contributed by atoms with van der Waals surface area (Å²) in [5, 5.41) is 0. The van der Waals surface area contributed by atoms with Gasteiger partial charge in [0.15, 0.2) is 0 Å². The van der Waals surface area contributed by atoms with E-state index in [4.69, 9.17) is 33.2 Å². The number of fused-ring (bicyclic) bond motifs is 4. The first kappa shape index (κ1) is 23.0. The zero-order chi connectivity index (χ0) is 21.1. The Balaban J connectivity index is 1.36. The molecule has 3 aliphatic heterocycles. The van der Waals surface area contributed by atoms with Crippen LogP contribution in [-0.4, -0.2) is 82.3 Å².